The summed E-state index contributed by atoms with van der Waals surface area (Å²) in [4.78, 5) is 11.4. The van der Waals surface area contributed by atoms with Gasteiger partial charge in [-0.05, 0) is 12.8 Å². The lowest BCUT2D eigenvalue weighted by molar-refractivity contribution is -0.121. The molecule has 90 valence electrons. The van der Waals surface area contributed by atoms with Gasteiger partial charge in [-0.1, -0.05) is 15.9 Å². The first kappa shape index (κ1) is 13.2. The fourth-order valence-corrected chi connectivity index (χ4v) is 1.71. The number of nitrogens with zero attached hydrogens (tertiary/aromatic N) is 3. The topological polar surface area (TPSA) is 59.8 Å². The monoisotopic (exact) mass is 288 g/mol. The van der Waals surface area contributed by atoms with Crippen molar-refractivity contribution < 1.29 is 4.79 Å². The Morgan fingerprint density at radius 1 is 1.56 bits per heavy atom. The molecule has 0 radical (unpaired) electrons. The summed E-state index contributed by atoms with van der Waals surface area (Å²) in [5.74, 6) is 1.00. The summed E-state index contributed by atoms with van der Waals surface area (Å²) >= 11 is 3.34. The minimum Gasteiger partial charge on any atom is -0.356 e. The van der Waals surface area contributed by atoms with Crippen molar-refractivity contribution >= 4 is 21.8 Å². The van der Waals surface area contributed by atoms with Crippen LogP contribution in [0.1, 0.15) is 25.1 Å². The first-order valence-corrected chi connectivity index (χ1v) is 6.51. The maximum Gasteiger partial charge on any atom is 0.220 e. The summed E-state index contributed by atoms with van der Waals surface area (Å²) in [6, 6.07) is 0. The largest absolute Gasteiger partial charge is 0.356 e. The first-order valence-electron chi connectivity index (χ1n) is 5.39. The summed E-state index contributed by atoms with van der Waals surface area (Å²) in [5, 5.41) is 11.5. The van der Waals surface area contributed by atoms with Gasteiger partial charge in [0.05, 0.1) is 0 Å². The Kier molecular flexibility index (Phi) is 6.07. The summed E-state index contributed by atoms with van der Waals surface area (Å²) < 4.78 is 1.86. The summed E-state index contributed by atoms with van der Waals surface area (Å²) in [7, 11) is 1.90. The van der Waals surface area contributed by atoms with Crippen LogP contribution in [0.3, 0.4) is 0 Å². The van der Waals surface area contributed by atoms with Gasteiger partial charge >= 0.3 is 0 Å². The fourth-order valence-electron chi connectivity index (χ4n) is 1.32. The molecular weight excluding hydrogens is 272 g/mol. The highest BCUT2D eigenvalue weighted by atomic mass is 79.9. The molecule has 0 aliphatic carbocycles. The van der Waals surface area contributed by atoms with Crippen LogP contribution in [0.25, 0.3) is 0 Å². The molecule has 1 rings (SSSR count). The SMILES string of the molecule is Cn1cnnc1CCNC(=O)CCCCBr. The lowest BCUT2D eigenvalue weighted by atomic mass is 10.2. The van der Waals surface area contributed by atoms with Crippen molar-refractivity contribution in [1.29, 1.82) is 0 Å². The van der Waals surface area contributed by atoms with Crippen molar-refractivity contribution in [3.8, 4) is 0 Å². The molecule has 1 N–H and O–H groups in total. The Morgan fingerprint density at radius 3 is 3.00 bits per heavy atom. The number of carbonyl (C=O) groups excluding carboxylic acids is 1. The van der Waals surface area contributed by atoms with Crippen molar-refractivity contribution in [2.45, 2.75) is 25.7 Å². The lowest BCUT2D eigenvalue weighted by Crippen LogP contribution is -2.26. The van der Waals surface area contributed by atoms with Gasteiger partial charge in [0.25, 0.3) is 0 Å². The average molecular weight is 289 g/mol. The number of hydrogen-bond donors (Lipinski definition) is 1. The van der Waals surface area contributed by atoms with E-state index in [4.69, 9.17) is 0 Å². The van der Waals surface area contributed by atoms with Crippen molar-refractivity contribution in [2.24, 2.45) is 7.05 Å². The molecule has 5 nitrogen and oxygen atoms in total. The van der Waals surface area contributed by atoms with Crippen LogP contribution < -0.4 is 5.32 Å². The molecular formula is C10H17BrN4O. The number of carbonyl (C=O) groups is 1. The van der Waals surface area contributed by atoms with E-state index in [1.807, 2.05) is 11.6 Å². The van der Waals surface area contributed by atoms with Gasteiger partial charge in [-0.25, -0.2) is 0 Å². The van der Waals surface area contributed by atoms with Gasteiger partial charge in [0.15, 0.2) is 0 Å². The van der Waals surface area contributed by atoms with E-state index in [1.165, 1.54) is 0 Å². The molecule has 0 bridgehead atoms. The molecule has 16 heavy (non-hydrogen) atoms. The van der Waals surface area contributed by atoms with Gasteiger partial charge in [-0.15, -0.1) is 10.2 Å². The predicted molar refractivity (Wildman–Crippen MR) is 65.4 cm³/mol. The molecule has 1 heterocycles. The zero-order valence-electron chi connectivity index (χ0n) is 9.45. The van der Waals surface area contributed by atoms with Gasteiger partial charge in [-0.3, -0.25) is 4.79 Å². The summed E-state index contributed by atoms with van der Waals surface area (Å²) in [6.45, 7) is 0.625. The van der Waals surface area contributed by atoms with Gasteiger partial charge < -0.3 is 9.88 Å². The molecule has 1 aromatic heterocycles. The van der Waals surface area contributed by atoms with E-state index in [0.717, 1.165) is 30.4 Å². The van der Waals surface area contributed by atoms with Crippen molar-refractivity contribution in [3.63, 3.8) is 0 Å². The highest BCUT2D eigenvalue weighted by Gasteiger charge is 2.03. The van der Waals surface area contributed by atoms with E-state index >= 15 is 0 Å². The number of nitrogens with one attached hydrogen (secondary N) is 1. The number of aryl methyl sites for hydroxylation is 1. The molecule has 0 unspecified atom stereocenters. The summed E-state index contributed by atoms with van der Waals surface area (Å²) in [6.07, 6.45) is 4.95. The molecule has 0 saturated carbocycles. The van der Waals surface area contributed by atoms with Crippen LogP contribution in [0.15, 0.2) is 6.33 Å². The zero-order valence-corrected chi connectivity index (χ0v) is 11.0. The maximum atomic E-state index is 11.4. The number of hydrogen-bond acceptors (Lipinski definition) is 3. The fraction of sp³-hybridized carbons (Fsp3) is 0.700. The molecule has 0 aromatic carbocycles. The van der Waals surface area contributed by atoms with E-state index in [-0.39, 0.29) is 5.91 Å². The maximum absolute atomic E-state index is 11.4. The predicted octanol–water partition coefficient (Wildman–Crippen LogP) is 1.04. The molecule has 0 spiro atoms. The van der Waals surface area contributed by atoms with E-state index in [9.17, 15) is 4.79 Å². The van der Waals surface area contributed by atoms with Crippen LogP contribution in [0.4, 0.5) is 0 Å². The van der Waals surface area contributed by atoms with Gasteiger partial charge in [-0.2, -0.15) is 0 Å². The second-order valence-electron chi connectivity index (χ2n) is 3.60. The van der Waals surface area contributed by atoms with Gasteiger partial charge in [0.1, 0.15) is 12.2 Å². The standard InChI is InChI=1S/C10H17BrN4O/c1-15-8-13-14-9(15)5-7-12-10(16)4-2-3-6-11/h8H,2-7H2,1H3,(H,12,16). The number of aromatic nitrogens is 3. The third kappa shape index (κ3) is 4.74. The van der Waals surface area contributed by atoms with Crippen molar-refractivity contribution in [3.05, 3.63) is 12.2 Å². The van der Waals surface area contributed by atoms with Crippen LogP contribution in [0.5, 0.6) is 0 Å². The van der Waals surface area contributed by atoms with E-state index in [0.29, 0.717) is 13.0 Å². The Balaban J connectivity index is 2.11. The van der Waals surface area contributed by atoms with Crippen molar-refractivity contribution in [2.75, 3.05) is 11.9 Å². The molecule has 0 fully saturated rings. The number of alkyl halides is 1. The third-order valence-electron chi connectivity index (χ3n) is 2.26. The first-order chi connectivity index (χ1) is 7.74. The van der Waals surface area contributed by atoms with E-state index in [2.05, 4.69) is 31.4 Å². The number of amides is 1. The van der Waals surface area contributed by atoms with E-state index in [1.54, 1.807) is 6.33 Å². The smallest absolute Gasteiger partial charge is 0.220 e. The Morgan fingerprint density at radius 2 is 2.38 bits per heavy atom. The molecule has 1 amide bonds. The van der Waals surface area contributed by atoms with Crippen LogP contribution in [-0.4, -0.2) is 32.5 Å². The van der Waals surface area contributed by atoms with Crippen molar-refractivity contribution in [1.82, 2.24) is 20.1 Å². The molecule has 6 heteroatoms. The third-order valence-corrected chi connectivity index (χ3v) is 2.82. The van der Waals surface area contributed by atoms with Crippen LogP contribution >= 0.6 is 15.9 Å². The molecule has 0 saturated heterocycles. The lowest BCUT2D eigenvalue weighted by Gasteiger charge is -2.04. The minimum absolute atomic E-state index is 0.114. The molecule has 0 aliphatic heterocycles. The second-order valence-corrected chi connectivity index (χ2v) is 4.40. The molecule has 0 atom stereocenters. The highest BCUT2D eigenvalue weighted by molar-refractivity contribution is 9.09. The quantitative estimate of drug-likeness (QED) is 0.602. The normalized spacial score (nSPS) is 10.4. The van der Waals surface area contributed by atoms with Gasteiger partial charge in [0.2, 0.25) is 5.91 Å². The molecule has 0 aliphatic rings. The number of unbranched alkanes of at least 4 members (excludes halogenated alkanes) is 1. The Labute approximate surface area is 104 Å². The Hall–Kier alpha value is -0.910. The average Bonchev–Trinajstić information content (AvgIpc) is 2.65. The van der Waals surface area contributed by atoms with Crippen LogP contribution in [-0.2, 0) is 18.3 Å². The van der Waals surface area contributed by atoms with E-state index < -0.39 is 0 Å². The van der Waals surface area contributed by atoms with Gasteiger partial charge in [0, 0.05) is 31.8 Å². The number of halogens is 1. The summed E-state index contributed by atoms with van der Waals surface area (Å²) in [5.41, 5.74) is 0. The number of rotatable bonds is 7. The molecule has 1 aromatic rings. The minimum atomic E-state index is 0.114. The second kappa shape index (κ2) is 7.38. The highest BCUT2D eigenvalue weighted by Crippen LogP contribution is 1.98. The Bertz CT molecular complexity index is 326. The van der Waals surface area contributed by atoms with Crippen LogP contribution in [0, 0.1) is 0 Å². The zero-order chi connectivity index (χ0) is 11.8. The van der Waals surface area contributed by atoms with Crippen LogP contribution in [0.2, 0.25) is 0 Å².